The van der Waals surface area contributed by atoms with Gasteiger partial charge in [-0.25, -0.2) is 4.79 Å². The zero-order valence-corrected chi connectivity index (χ0v) is 9.69. The Kier molecular flexibility index (Phi) is 4.58. The number of ether oxygens (including phenoxy) is 1. The lowest BCUT2D eigenvalue weighted by Gasteiger charge is -2.04. The molecule has 0 saturated carbocycles. The molecule has 2 N–H and O–H groups in total. The topological polar surface area (TPSA) is 52.3 Å². The van der Waals surface area contributed by atoms with Gasteiger partial charge in [0.05, 0.1) is 6.61 Å². The normalized spacial score (nSPS) is 11.2. The van der Waals surface area contributed by atoms with Gasteiger partial charge in [-0.2, -0.15) is 0 Å². The van der Waals surface area contributed by atoms with E-state index in [9.17, 15) is 4.79 Å². The minimum Gasteiger partial charge on any atom is -0.463 e. The lowest BCUT2D eigenvalue weighted by atomic mass is 10.1. The van der Waals surface area contributed by atoms with Crippen LogP contribution in [0.2, 0.25) is 0 Å². The number of anilines is 1. The van der Waals surface area contributed by atoms with E-state index in [2.05, 4.69) is 0 Å². The summed E-state index contributed by atoms with van der Waals surface area (Å²) in [5.41, 5.74) is 7.93. The van der Waals surface area contributed by atoms with Crippen LogP contribution in [-0.4, -0.2) is 12.6 Å². The Morgan fingerprint density at radius 1 is 1.44 bits per heavy atom. The van der Waals surface area contributed by atoms with Gasteiger partial charge in [0.25, 0.3) is 0 Å². The van der Waals surface area contributed by atoms with Crippen LogP contribution in [0.15, 0.2) is 29.8 Å². The summed E-state index contributed by atoms with van der Waals surface area (Å²) in [6.07, 6.45) is 2.46. The number of nitrogen functional groups attached to an aromatic ring is 1. The summed E-state index contributed by atoms with van der Waals surface area (Å²) in [7, 11) is 0. The summed E-state index contributed by atoms with van der Waals surface area (Å²) < 4.78 is 4.96. The zero-order chi connectivity index (χ0) is 12.0. The minimum atomic E-state index is -0.257. The summed E-state index contributed by atoms with van der Waals surface area (Å²) >= 11 is 0. The molecule has 0 bridgehead atoms. The van der Waals surface area contributed by atoms with Crippen LogP contribution in [0, 0.1) is 0 Å². The highest BCUT2D eigenvalue weighted by Crippen LogP contribution is 2.13. The second kappa shape index (κ2) is 5.95. The Hall–Kier alpha value is -1.77. The molecule has 1 aromatic rings. The van der Waals surface area contributed by atoms with Gasteiger partial charge in [0.1, 0.15) is 0 Å². The maximum atomic E-state index is 11.5. The maximum absolute atomic E-state index is 11.5. The van der Waals surface area contributed by atoms with Gasteiger partial charge in [0.2, 0.25) is 0 Å². The van der Waals surface area contributed by atoms with E-state index < -0.39 is 0 Å². The molecule has 0 aliphatic heterocycles. The van der Waals surface area contributed by atoms with Gasteiger partial charge in [0.15, 0.2) is 0 Å². The molecule has 0 amide bonds. The van der Waals surface area contributed by atoms with Crippen LogP contribution in [0.1, 0.15) is 25.8 Å². The molecule has 86 valence electrons. The molecule has 1 aromatic carbocycles. The van der Waals surface area contributed by atoms with E-state index in [1.165, 1.54) is 0 Å². The van der Waals surface area contributed by atoms with Crippen molar-refractivity contribution in [2.45, 2.75) is 20.3 Å². The van der Waals surface area contributed by atoms with Gasteiger partial charge in [-0.05, 0) is 37.1 Å². The fraction of sp³-hybridized carbons (Fsp3) is 0.308. The van der Waals surface area contributed by atoms with E-state index in [0.29, 0.717) is 24.3 Å². The predicted octanol–water partition coefficient (Wildman–Crippen LogP) is 2.63. The lowest BCUT2D eigenvalue weighted by Crippen LogP contribution is -2.06. The first-order valence-electron chi connectivity index (χ1n) is 5.40. The van der Waals surface area contributed by atoms with Gasteiger partial charge in [-0.15, -0.1) is 0 Å². The van der Waals surface area contributed by atoms with Crippen LogP contribution in [0.4, 0.5) is 5.69 Å². The molecular formula is C13H17NO2. The third-order valence-electron chi connectivity index (χ3n) is 2.17. The van der Waals surface area contributed by atoms with Crippen molar-refractivity contribution < 1.29 is 9.53 Å². The van der Waals surface area contributed by atoms with Crippen LogP contribution in [0.3, 0.4) is 0 Å². The van der Waals surface area contributed by atoms with Gasteiger partial charge >= 0.3 is 5.97 Å². The summed E-state index contributed by atoms with van der Waals surface area (Å²) in [6, 6.07) is 7.41. The van der Waals surface area contributed by atoms with E-state index in [1.807, 2.05) is 37.3 Å². The molecule has 0 atom stereocenters. The summed E-state index contributed by atoms with van der Waals surface area (Å²) in [6.45, 7) is 4.12. The number of nitrogens with two attached hydrogens (primary N) is 1. The van der Waals surface area contributed by atoms with E-state index >= 15 is 0 Å². The molecule has 16 heavy (non-hydrogen) atoms. The van der Waals surface area contributed by atoms with Crippen molar-refractivity contribution in [1.29, 1.82) is 0 Å². The standard InChI is InChI=1S/C13H17NO2/c1-3-11(13(15)16-4-2)8-10-6-5-7-12(14)9-10/h5-9H,3-4,14H2,1-2H3/b11-8-. The number of rotatable bonds is 4. The Morgan fingerprint density at radius 2 is 2.19 bits per heavy atom. The van der Waals surface area contributed by atoms with Gasteiger partial charge < -0.3 is 10.5 Å². The molecule has 1 rings (SSSR count). The van der Waals surface area contributed by atoms with Crippen LogP contribution < -0.4 is 5.73 Å². The molecule has 0 unspecified atom stereocenters. The first kappa shape index (κ1) is 12.3. The monoisotopic (exact) mass is 219 g/mol. The lowest BCUT2D eigenvalue weighted by molar-refractivity contribution is -0.138. The molecule has 3 heteroatoms. The SMILES string of the molecule is CCOC(=O)/C(=C\c1cccc(N)c1)CC. The Morgan fingerprint density at radius 3 is 2.75 bits per heavy atom. The average molecular weight is 219 g/mol. The molecule has 3 nitrogen and oxygen atoms in total. The molecule has 0 aliphatic rings. The second-order valence-corrected chi connectivity index (χ2v) is 3.41. The van der Waals surface area contributed by atoms with Crippen LogP contribution in [-0.2, 0) is 9.53 Å². The van der Waals surface area contributed by atoms with Crippen LogP contribution in [0.5, 0.6) is 0 Å². The van der Waals surface area contributed by atoms with Crippen molar-refractivity contribution in [2.24, 2.45) is 0 Å². The predicted molar refractivity (Wildman–Crippen MR) is 65.8 cm³/mol. The molecule has 0 saturated heterocycles. The highest BCUT2D eigenvalue weighted by atomic mass is 16.5. The Bertz CT molecular complexity index is 397. The minimum absolute atomic E-state index is 0.257. The maximum Gasteiger partial charge on any atom is 0.333 e. The van der Waals surface area contributed by atoms with E-state index in [1.54, 1.807) is 6.92 Å². The van der Waals surface area contributed by atoms with Gasteiger partial charge in [-0.3, -0.25) is 0 Å². The quantitative estimate of drug-likeness (QED) is 0.481. The molecule has 0 heterocycles. The molecule has 0 spiro atoms. The fourth-order valence-electron chi connectivity index (χ4n) is 1.38. The second-order valence-electron chi connectivity index (χ2n) is 3.41. The van der Waals surface area contributed by atoms with Crippen molar-refractivity contribution in [3.8, 4) is 0 Å². The Balaban J connectivity index is 2.91. The van der Waals surface area contributed by atoms with E-state index in [0.717, 1.165) is 5.56 Å². The van der Waals surface area contributed by atoms with Crippen molar-refractivity contribution in [3.05, 3.63) is 35.4 Å². The number of hydrogen-bond donors (Lipinski definition) is 1. The highest BCUT2D eigenvalue weighted by Gasteiger charge is 2.07. The molecule has 0 radical (unpaired) electrons. The number of esters is 1. The number of hydrogen-bond acceptors (Lipinski definition) is 3. The first-order valence-corrected chi connectivity index (χ1v) is 5.40. The van der Waals surface area contributed by atoms with Crippen molar-refractivity contribution in [3.63, 3.8) is 0 Å². The van der Waals surface area contributed by atoms with Gasteiger partial charge in [0, 0.05) is 11.3 Å². The fourth-order valence-corrected chi connectivity index (χ4v) is 1.38. The molecule has 0 aromatic heterocycles. The molecule has 0 aliphatic carbocycles. The first-order chi connectivity index (χ1) is 7.67. The highest BCUT2D eigenvalue weighted by molar-refractivity contribution is 5.93. The summed E-state index contributed by atoms with van der Waals surface area (Å²) in [5.74, 6) is -0.257. The van der Waals surface area contributed by atoms with E-state index in [-0.39, 0.29) is 5.97 Å². The van der Waals surface area contributed by atoms with Crippen molar-refractivity contribution in [2.75, 3.05) is 12.3 Å². The Labute approximate surface area is 95.9 Å². The third kappa shape index (κ3) is 3.42. The average Bonchev–Trinajstić information content (AvgIpc) is 2.26. The van der Waals surface area contributed by atoms with Crippen LogP contribution >= 0.6 is 0 Å². The summed E-state index contributed by atoms with van der Waals surface area (Å²) in [4.78, 5) is 11.5. The third-order valence-corrected chi connectivity index (χ3v) is 2.17. The van der Waals surface area contributed by atoms with Gasteiger partial charge in [-0.1, -0.05) is 19.1 Å². The van der Waals surface area contributed by atoms with Crippen molar-refractivity contribution >= 4 is 17.7 Å². The summed E-state index contributed by atoms with van der Waals surface area (Å²) in [5, 5.41) is 0. The number of carbonyl (C=O) groups excluding carboxylic acids is 1. The zero-order valence-electron chi connectivity index (χ0n) is 9.69. The smallest absolute Gasteiger partial charge is 0.333 e. The number of benzene rings is 1. The molecule has 0 fully saturated rings. The van der Waals surface area contributed by atoms with Crippen LogP contribution in [0.25, 0.3) is 6.08 Å². The van der Waals surface area contributed by atoms with Crippen molar-refractivity contribution in [1.82, 2.24) is 0 Å². The number of carbonyl (C=O) groups is 1. The van der Waals surface area contributed by atoms with E-state index in [4.69, 9.17) is 10.5 Å². The molecular weight excluding hydrogens is 202 g/mol. The largest absolute Gasteiger partial charge is 0.463 e.